The molecule has 6 heteroatoms. The Morgan fingerprint density at radius 3 is 3.11 bits per heavy atom. The summed E-state index contributed by atoms with van der Waals surface area (Å²) in [7, 11) is 0. The molecule has 0 aliphatic heterocycles. The van der Waals surface area contributed by atoms with Gasteiger partial charge in [0.2, 0.25) is 0 Å². The van der Waals surface area contributed by atoms with Crippen LogP contribution in [0.15, 0.2) is 24.4 Å². The summed E-state index contributed by atoms with van der Waals surface area (Å²) < 4.78 is 1.79. The Morgan fingerprint density at radius 2 is 2.44 bits per heavy atom. The van der Waals surface area contributed by atoms with Crippen LogP contribution in [-0.2, 0) is 4.79 Å². The van der Waals surface area contributed by atoms with Gasteiger partial charge in [-0.05, 0) is 19.1 Å². The highest BCUT2D eigenvalue weighted by molar-refractivity contribution is 5.69. The summed E-state index contributed by atoms with van der Waals surface area (Å²) in [4.78, 5) is 14.9. The van der Waals surface area contributed by atoms with Gasteiger partial charge >= 0.3 is 5.97 Å². The molecule has 92 valence electrons. The number of aryl methyl sites for hydroxylation is 1. The van der Waals surface area contributed by atoms with E-state index in [0.717, 1.165) is 5.65 Å². The molecule has 0 radical (unpaired) electrons. The SMILES string of the molecule is Cc1nc2ccccn2c1C(C#N)NCC(=O)O. The molecule has 0 amide bonds. The summed E-state index contributed by atoms with van der Waals surface area (Å²) in [6, 6.07) is 6.89. The predicted molar refractivity (Wildman–Crippen MR) is 63.9 cm³/mol. The maximum atomic E-state index is 10.5. The van der Waals surface area contributed by atoms with E-state index in [1.54, 1.807) is 17.5 Å². The molecule has 1 atom stereocenters. The van der Waals surface area contributed by atoms with Crippen LogP contribution >= 0.6 is 0 Å². The Labute approximate surface area is 103 Å². The number of aromatic nitrogens is 2. The van der Waals surface area contributed by atoms with Gasteiger partial charge in [0.25, 0.3) is 0 Å². The largest absolute Gasteiger partial charge is 0.480 e. The Bertz CT molecular complexity index is 627. The van der Waals surface area contributed by atoms with E-state index >= 15 is 0 Å². The first-order valence-electron chi connectivity index (χ1n) is 5.42. The Hall–Kier alpha value is -2.39. The highest BCUT2D eigenvalue weighted by Gasteiger charge is 2.19. The number of nitrogens with zero attached hydrogens (tertiary/aromatic N) is 3. The van der Waals surface area contributed by atoms with Crippen molar-refractivity contribution in [2.75, 3.05) is 6.54 Å². The Morgan fingerprint density at radius 1 is 1.67 bits per heavy atom. The zero-order chi connectivity index (χ0) is 13.1. The standard InChI is InChI=1S/C12H12N4O2/c1-8-12(9(6-13)14-7-11(17)18)16-5-3-2-4-10(16)15-8/h2-5,9,14H,7H2,1H3,(H,17,18). The lowest BCUT2D eigenvalue weighted by molar-refractivity contribution is -0.136. The predicted octanol–water partition coefficient (Wildman–Crippen LogP) is 0.882. The van der Waals surface area contributed by atoms with E-state index in [1.807, 2.05) is 18.2 Å². The number of carboxylic acids is 1. The van der Waals surface area contributed by atoms with Crippen LogP contribution in [0, 0.1) is 18.3 Å². The van der Waals surface area contributed by atoms with Crippen molar-refractivity contribution >= 4 is 11.6 Å². The molecule has 18 heavy (non-hydrogen) atoms. The van der Waals surface area contributed by atoms with Crippen molar-refractivity contribution < 1.29 is 9.90 Å². The quantitative estimate of drug-likeness (QED) is 0.833. The molecule has 0 spiro atoms. The van der Waals surface area contributed by atoms with Gasteiger partial charge in [0, 0.05) is 6.20 Å². The molecular formula is C12H12N4O2. The van der Waals surface area contributed by atoms with Crippen LogP contribution in [0.4, 0.5) is 0 Å². The van der Waals surface area contributed by atoms with Crippen LogP contribution in [0.1, 0.15) is 17.4 Å². The third kappa shape index (κ3) is 2.17. The molecular weight excluding hydrogens is 232 g/mol. The topological polar surface area (TPSA) is 90.4 Å². The lowest BCUT2D eigenvalue weighted by Gasteiger charge is -2.10. The summed E-state index contributed by atoms with van der Waals surface area (Å²) in [6.07, 6.45) is 1.80. The number of rotatable bonds is 4. The summed E-state index contributed by atoms with van der Waals surface area (Å²) in [5.41, 5.74) is 2.13. The number of hydrogen-bond acceptors (Lipinski definition) is 4. The number of imidazole rings is 1. The second kappa shape index (κ2) is 4.85. The van der Waals surface area contributed by atoms with Crippen molar-refractivity contribution in [1.82, 2.24) is 14.7 Å². The lowest BCUT2D eigenvalue weighted by atomic mass is 10.2. The minimum Gasteiger partial charge on any atom is -0.480 e. The summed E-state index contributed by atoms with van der Waals surface area (Å²) in [5, 5.41) is 20.5. The molecule has 0 bridgehead atoms. The third-order valence-corrected chi connectivity index (χ3v) is 2.61. The summed E-state index contributed by atoms with van der Waals surface area (Å²) >= 11 is 0. The number of fused-ring (bicyclic) bond motifs is 1. The monoisotopic (exact) mass is 244 g/mol. The van der Waals surface area contributed by atoms with E-state index in [4.69, 9.17) is 10.4 Å². The molecule has 0 fully saturated rings. The lowest BCUT2D eigenvalue weighted by Crippen LogP contribution is -2.27. The second-order valence-electron chi connectivity index (χ2n) is 3.85. The van der Waals surface area contributed by atoms with E-state index in [1.165, 1.54) is 0 Å². The molecule has 2 N–H and O–H groups in total. The van der Waals surface area contributed by atoms with Gasteiger partial charge in [0.15, 0.2) is 0 Å². The molecule has 2 rings (SSSR count). The highest BCUT2D eigenvalue weighted by Crippen LogP contribution is 2.18. The highest BCUT2D eigenvalue weighted by atomic mass is 16.4. The number of nitriles is 1. The van der Waals surface area contributed by atoms with Crippen LogP contribution < -0.4 is 5.32 Å². The second-order valence-corrected chi connectivity index (χ2v) is 3.85. The molecule has 0 aromatic carbocycles. The average Bonchev–Trinajstić information content (AvgIpc) is 2.67. The van der Waals surface area contributed by atoms with Gasteiger partial charge < -0.3 is 9.51 Å². The zero-order valence-corrected chi connectivity index (χ0v) is 9.79. The van der Waals surface area contributed by atoms with E-state index in [2.05, 4.69) is 16.4 Å². The van der Waals surface area contributed by atoms with E-state index < -0.39 is 12.0 Å². The Kier molecular flexibility index (Phi) is 3.26. The van der Waals surface area contributed by atoms with Crippen molar-refractivity contribution in [1.29, 1.82) is 5.26 Å². The molecule has 0 aliphatic carbocycles. The maximum absolute atomic E-state index is 10.5. The first-order chi connectivity index (χ1) is 8.63. The molecule has 0 saturated heterocycles. The molecule has 6 nitrogen and oxygen atoms in total. The van der Waals surface area contributed by atoms with E-state index in [-0.39, 0.29) is 6.54 Å². The van der Waals surface area contributed by atoms with E-state index in [9.17, 15) is 4.79 Å². The minimum atomic E-state index is -0.998. The fraction of sp³-hybridized carbons (Fsp3) is 0.250. The van der Waals surface area contributed by atoms with Gasteiger partial charge in [-0.25, -0.2) is 4.98 Å². The van der Waals surface area contributed by atoms with Crippen LogP contribution in [-0.4, -0.2) is 27.0 Å². The van der Waals surface area contributed by atoms with Crippen molar-refractivity contribution in [3.8, 4) is 6.07 Å². The van der Waals surface area contributed by atoms with Gasteiger partial charge in [0.1, 0.15) is 11.7 Å². The van der Waals surface area contributed by atoms with Crippen LogP contribution in [0.25, 0.3) is 5.65 Å². The van der Waals surface area contributed by atoms with Crippen molar-refractivity contribution in [2.45, 2.75) is 13.0 Å². The van der Waals surface area contributed by atoms with Crippen molar-refractivity contribution in [3.63, 3.8) is 0 Å². The van der Waals surface area contributed by atoms with Crippen molar-refractivity contribution in [2.24, 2.45) is 0 Å². The first kappa shape index (κ1) is 12.1. The van der Waals surface area contributed by atoms with Crippen LogP contribution in [0.5, 0.6) is 0 Å². The fourth-order valence-electron chi connectivity index (χ4n) is 1.87. The fourth-order valence-corrected chi connectivity index (χ4v) is 1.87. The average molecular weight is 244 g/mol. The molecule has 0 aliphatic rings. The number of nitrogens with one attached hydrogen (secondary N) is 1. The van der Waals surface area contributed by atoms with E-state index in [0.29, 0.717) is 11.4 Å². The molecule has 1 unspecified atom stereocenters. The number of pyridine rings is 1. The molecule has 2 aromatic heterocycles. The minimum absolute atomic E-state index is 0.266. The third-order valence-electron chi connectivity index (χ3n) is 2.61. The number of carboxylic acid groups (broad SMARTS) is 1. The van der Waals surface area contributed by atoms with Gasteiger partial charge in [-0.1, -0.05) is 6.07 Å². The molecule has 0 saturated carbocycles. The number of aliphatic carboxylic acids is 1. The molecule has 2 aromatic rings. The number of hydrogen-bond donors (Lipinski definition) is 2. The van der Waals surface area contributed by atoms with Gasteiger partial charge in [0.05, 0.1) is 24.0 Å². The van der Waals surface area contributed by atoms with Gasteiger partial charge in [-0.3, -0.25) is 10.1 Å². The maximum Gasteiger partial charge on any atom is 0.317 e. The van der Waals surface area contributed by atoms with Gasteiger partial charge in [-0.15, -0.1) is 0 Å². The molecule has 2 heterocycles. The first-order valence-corrected chi connectivity index (χ1v) is 5.42. The van der Waals surface area contributed by atoms with Crippen LogP contribution in [0.2, 0.25) is 0 Å². The summed E-state index contributed by atoms with van der Waals surface area (Å²) in [5.74, 6) is -0.998. The van der Waals surface area contributed by atoms with Crippen LogP contribution in [0.3, 0.4) is 0 Å². The summed E-state index contributed by atoms with van der Waals surface area (Å²) in [6.45, 7) is 1.53. The Balaban J connectivity index is 2.42. The number of carbonyl (C=O) groups is 1. The normalized spacial score (nSPS) is 12.2. The smallest absolute Gasteiger partial charge is 0.317 e. The zero-order valence-electron chi connectivity index (χ0n) is 9.79. The van der Waals surface area contributed by atoms with Gasteiger partial charge in [-0.2, -0.15) is 5.26 Å². The van der Waals surface area contributed by atoms with Crippen molar-refractivity contribution in [3.05, 3.63) is 35.8 Å².